The van der Waals surface area contributed by atoms with Gasteiger partial charge in [0.1, 0.15) is 6.33 Å². The number of anilines is 1. The maximum Gasteiger partial charge on any atom is 0.171 e. The number of thioether (sulfide) groups is 1. The maximum atomic E-state index is 5.50. The fraction of sp³-hybridized carbons (Fsp3) is 0.353. The van der Waals surface area contributed by atoms with Crippen molar-refractivity contribution in [3.63, 3.8) is 0 Å². The molecule has 7 heteroatoms. The van der Waals surface area contributed by atoms with E-state index in [0.29, 0.717) is 17.1 Å². The highest BCUT2D eigenvalue weighted by Crippen LogP contribution is 2.41. The Morgan fingerprint density at radius 3 is 2.79 bits per heavy atom. The number of nitrogen functional groups attached to an aromatic ring is 1. The lowest BCUT2D eigenvalue weighted by molar-refractivity contribution is 0.530. The van der Waals surface area contributed by atoms with Gasteiger partial charge in [0.15, 0.2) is 17.0 Å². The minimum atomic E-state index is 0.429. The molecule has 1 saturated carbocycles. The summed E-state index contributed by atoms with van der Waals surface area (Å²) in [6, 6.07) is 9.21. The molecule has 24 heavy (non-hydrogen) atoms. The summed E-state index contributed by atoms with van der Waals surface area (Å²) in [4.78, 5) is 14.3. The molecule has 0 radical (unpaired) electrons. The average molecular weight is 340 g/mol. The number of nitrogens with one attached hydrogen (secondary N) is 1. The maximum absolute atomic E-state index is 5.50. The van der Waals surface area contributed by atoms with E-state index in [1.807, 2.05) is 18.1 Å². The molecule has 2 heterocycles. The average Bonchev–Trinajstić information content (AvgIpc) is 3.23. The second kappa shape index (κ2) is 6.41. The topological polar surface area (TPSA) is 81.7 Å². The smallest absolute Gasteiger partial charge is 0.171 e. The fourth-order valence-corrected chi connectivity index (χ4v) is 4.56. The van der Waals surface area contributed by atoms with Gasteiger partial charge in [-0.3, -0.25) is 0 Å². The van der Waals surface area contributed by atoms with Gasteiger partial charge in [-0.05, 0) is 38.3 Å². The first kappa shape index (κ1) is 15.4. The monoisotopic (exact) mass is 340 g/mol. The van der Waals surface area contributed by atoms with E-state index in [1.54, 1.807) is 0 Å². The van der Waals surface area contributed by atoms with Crippen molar-refractivity contribution in [2.45, 2.75) is 42.4 Å². The normalized spacial score (nSPS) is 20.6. The molecule has 1 fully saturated rings. The summed E-state index contributed by atoms with van der Waals surface area (Å²) in [5.41, 5.74) is 5.47. The molecule has 2 atom stereocenters. The van der Waals surface area contributed by atoms with Crippen molar-refractivity contribution in [1.29, 1.82) is 0 Å². The molecule has 0 saturated heterocycles. The van der Waals surface area contributed by atoms with Crippen LogP contribution in [0.3, 0.4) is 0 Å². The van der Waals surface area contributed by atoms with Gasteiger partial charge in [-0.2, -0.15) is 0 Å². The molecule has 3 aromatic rings. The Balaban J connectivity index is 1.51. The van der Waals surface area contributed by atoms with Crippen LogP contribution >= 0.6 is 11.8 Å². The van der Waals surface area contributed by atoms with E-state index in [-0.39, 0.29) is 0 Å². The van der Waals surface area contributed by atoms with E-state index in [2.05, 4.69) is 56.1 Å². The van der Waals surface area contributed by atoms with Crippen LogP contribution in [0.5, 0.6) is 0 Å². The predicted octanol–water partition coefficient (Wildman–Crippen LogP) is 3.31. The van der Waals surface area contributed by atoms with Crippen molar-refractivity contribution in [2.24, 2.45) is 5.84 Å². The molecule has 124 valence electrons. The van der Waals surface area contributed by atoms with Gasteiger partial charge in [-0.1, -0.05) is 17.7 Å². The highest BCUT2D eigenvalue weighted by atomic mass is 32.2. The molecule has 0 spiro atoms. The van der Waals surface area contributed by atoms with Gasteiger partial charge in [-0.25, -0.2) is 20.8 Å². The summed E-state index contributed by atoms with van der Waals surface area (Å²) in [5, 5.41) is 0.629. The van der Waals surface area contributed by atoms with Crippen LogP contribution in [0.1, 0.15) is 30.9 Å². The van der Waals surface area contributed by atoms with Crippen molar-refractivity contribution < 1.29 is 0 Å². The van der Waals surface area contributed by atoms with Crippen LogP contribution in [0.2, 0.25) is 0 Å². The highest BCUT2D eigenvalue weighted by molar-refractivity contribution is 8.00. The third kappa shape index (κ3) is 2.85. The predicted molar refractivity (Wildman–Crippen MR) is 96.8 cm³/mol. The van der Waals surface area contributed by atoms with Crippen molar-refractivity contribution in [2.75, 3.05) is 5.43 Å². The number of hydrazine groups is 1. The van der Waals surface area contributed by atoms with Gasteiger partial charge in [0.25, 0.3) is 0 Å². The zero-order valence-electron chi connectivity index (χ0n) is 13.5. The number of aryl methyl sites for hydroxylation is 1. The number of imidazole rings is 1. The van der Waals surface area contributed by atoms with Crippen LogP contribution < -0.4 is 11.3 Å². The van der Waals surface area contributed by atoms with E-state index in [0.717, 1.165) is 24.0 Å². The van der Waals surface area contributed by atoms with Crippen LogP contribution in [0.15, 0.2) is 41.8 Å². The lowest BCUT2D eigenvalue weighted by Gasteiger charge is -2.13. The second-order valence-corrected chi connectivity index (χ2v) is 7.58. The number of nitrogens with two attached hydrogens (primary N) is 1. The number of hydrogen-bond acceptors (Lipinski definition) is 6. The Hall–Kier alpha value is -2.12. The second-order valence-electron chi connectivity index (χ2n) is 6.21. The Morgan fingerprint density at radius 1 is 1.17 bits per heavy atom. The third-order valence-corrected chi connectivity index (χ3v) is 5.88. The van der Waals surface area contributed by atoms with Crippen LogP contribution in [-0.2, 0) is 0 Å². The molecule has 6 nitrogen and oxygen atoms in total. The summed E-state index contributed by atoms with van der Waals surface area (Å²) in [6.07, 6.45) is 6.87. The molecule has 2 unspecified atom stereocenters. The number of aromatic nitrogens is 4. The summed E-state index contributed by atoms with van der Waals surface area (Å²) >= 11 is 1.98. The van der Waals surface area contributed by atoms with Crippen LogP contribution in [0.4, 0.5) is 5.82 Å². The molecular weight excluding hydrogens is 320 g/mol. The van der Waals surface area contributed by atoms with Crippen molar-refractivity contribution in [1.82, 2.24) is 19.5 Å². The van der Waals surface area contributed by atoms with Gasteiger partial charge in [0.2, 0.25) is 0 Å². The molecule has 2 aromatic heterocycles. The van der Waals surface area contributed by atoms with Gasteiger partial charge in [0, 0.05) is 16.2 Å². The minimum Gasteiger partial charge on any atom is -0.312 e. The summed E-state index contributed by atoms with van der Waals surface area (Å²) in [5.74, 6) is 6.08. The zero-order chi connectivity index (χ0) is 16.5. The highest BCUT2D eigenvalue weighted by Gasteiger charge is 2.28. The van der Waals surface area contributed by atoms with E-state index in [9.17, 15) is 0 Å². The largest absolute Gasteiger partial charge is 0.312 e. The van der Waals surface area contributed by atoms with E-state index in [4.69, 9.17) is 5.84 Å². The first-order valence-corrected chi connectivity index (χ1v) is 9.00. The van der Waals surface area contributed by atoms with Gasteiger partial charge in [0.05, 0.1) is 6.33 Å². The van der Waals surface area contributed by atoms with Crippen molar-refractivity contribution in [3.8, 4) is 0 Å². The quantitative estimate of drug-likeness (QED) is 0.560. The molecule has 0 amide bonds. The fourth-order valence-electron chi connectivity index (χ4n) is 3.31. The number of hydrogen-bond donors (Lipinski definition) is 2. The Bertz CT molecular complexity index is 844. The van der Waals surface area contributed by atoms with E-state index >= 15 is 0 Å². The van der Waals surface area contributed by atoms with Gasteiger partial charge >= 0.3 is 0 Å². The summed E-state index contributed by atoms with van der Waals surface area (Å²) < 4.78 is 2.17. The lowest BCUT2D eigenvalue weighted by atomic mass is 10.2. The van der Waals surface area contributed by atoms with E-state index < -0.39 is 0 Å². The number of fused-ring (bicyclic) bond motifs is 1. The molecule has 0 aliphatic heterocycles. The Labute approximate surface area is 144 Å². The van der Waals surface area contributed by atoms with E-state index in [1.165, 1.54) is 23.2 Å². The molecule has 0 bridgehead atoms. The van der Waals surface area contributed by atoms with Crippen LogP contribution in [0.25, 0.3) is 11.2 Å². The molecular formula is C17H20N6S. The van der Waals surface area contributed by atoms with Gasteiger partial charge in [-0.15, -0.1) is 11.8 Å². The molecule has 1 aliphatic rings. The van der Waals surface area contributed by atoms with Crippen LogP contribution in [0, 0.1) is 6.92 Å². The standard InChI is InChI=1S/C17H20N6S/c1-11-2-5-13(6-3-11)24-14-7-4-12(8-14)23-10-21-15-16(22-18)19-9-20-17(15)23/h2-3,5-6,9-10,12,14H,4,7-8,18H2,1H3,(H,19,20,22). The number of nitrogens with zero attached hydrogens (tertiary/aromatic N) is 4. The SMILES string of the molecule is Cc1ccc(SC2CCC(n3cnc4c(NN)ncnc43)C2)cc1. The van der Waals surface area contributed by atoms with Gasteiger partial charge < -0.3 is 9.99 Å². The number of rotatable bonds is 4. The first-order valence-electron chi connectivity index (χ1n) is 8.12. The Morgan fingerprint density at radius 2 is 2.00 bits per heavy atom. The minimum absolute atomic E-state index is 0.429. The summed E-state index contributed by atoms with van der Waals surface area (Å²) in [6.45, 7) is 2.12. The molecule has 1 aliphatic carbocycles. The molecule has 1 aromatic carbocycles. The van der Waals surface area contributed by atoms with Crippen molar-refractivity contribution >= 4 is 28.7 Å². The molecule has 3 N–H and O–H groups in total. The third-order valence-electron chi connectivity index (χ3n) is 4.57. The zero-order valence-corrected chi connectivity index (χ0v) is 14.3. The van der Waals surface area contributed by atoms with Crippen molar-refractivity contribution in [3.05, 3.63) is 42.5 Å². The molecule has 4 rings (SSSR count). The summed E-state index contributed by atoms with van der Waals surface area (Å²) in [7, 11) is 0. The lowest BCUT2D eigenvalue weighted by Crippen LogP contribution is -2.10. The Kier molecular flexibility index (Phi) is 4.12. The number of benzene rings is 1. The first-order chi connectivity index (χ1) is 11.7. The van der Waals surface area contributed by atoms with Crippen LogP contribution in [-0.4, -0.2) is 24.8 Å².